The van der Waals surface area contributed by atoms with Crippen LogP contribution in [-0.4, -0.2) is 51.7 Å². The second-order valence-electron chi connectivity index (χ2n) is 8.12. The topological polar surface area (TPSA) is 61.8 Å². The first kappa shape index (κ1) is 18.1. The molecule has 1 amide bonds. The van der Waals surface area contributed by atoms with Gasteiger partial charge < -0.3 is 5.32 Å². The third-order valence-corrected chi connectivity index (χ3v) is 8.41. The first-order valence-electron chi connectivity index (χ1n) is 9.89. The van der Waals surface area contributed by atoms with Crippen molar-refractivity contribution in [3.05, 3.63) is 35.4 Å². The van der Waals surface area contributed by atoms with Crippen LogP contribution >= 0.6 is 0 Å². The molecule has 1 spiro atoms. The molecule has 3 fully saturated rings. The summed E-state index contributed by atoms with van der Waals surface area (Å²) in [5.41, 5.74) is 1.67. The molecule has 1 N–H and O–H groups in total. The molecule has 26 heavy (non-hydrogen) atoms. The van der Waals surface area contributed by atoms with Crippen LogP contribution in [0.3, 0.4) is 0 Å². The van der Waals surface area contributed by atoms with Gasteiger partial charge in [-0.25, -0.2) is 4.21 Å². The predicted molar refractivity (Wildman–Crippen MR) is 105 cm³/mol. The van der Waals surface area contributed by atoms with Crippen molar-refractivity contribution in [3.63, 3.8) is 0 Å². The highest BCUT2D eigenvalue weighted by atomic mass is 32.2. The zero-order valence-corrected chi connectivity index (χ0v) is 16.2. The third-order valence-electron chi connectivity index (χ3n) is 5.98. The van der Waals surface area contributed by atoms with E-state index in [-0.39, 0.29) is 11.4 Å². The number of rotatable bonds is 3. The molecular formula is C20H29N3O2S. The van der Waals surface area contributed by atoms with Crippen molar-refractivity contribution < 1.29 is 9.00 Å². The Balaban J connectivity index is 1.51. The molecule has 0 radical (unpaired) electrons. The Morgan fingerprint density at radius 1 is 1.19 bits per heavy atom. The van der Waals surface area contributed by atoms with Gasteiger partial charge in [-0.1, -0.05) is 12.1 Å². The molecule has 4 rings (SSSR count). The molecule has 142 valence electrons. The average molecular weight is 376 g/mol. The standard InChI is InChI=1S/C20H29N3O2S/c24-19(18-7-3-6-17(14-18)15-23-11-1-2-12-23)22-26(25)13-5-9-20(16-26)8-4-10-21-20/h3,6-7,14,21H,1-2,4-5,8-13,15-16H2. The van der Waals surface area contributed by atoms with Crippen LogP contribution in [0.25, 0.3) is 0 Å². The molecule has 3 aliphatic heterocycles. The average Bonchev–Trinajstić information content (AvgIpc) is 3.27. The first-order valence-corrected chi connectivity index (χ1v) is 11.7. The molecule has 5 nitrogen and oxygen atoms in total. The quantitative estimate of drug-likeness (QED) is 0.882. The van der Waals surface area contributed by atoms with Gasteiger partial charge in [0, 0.05) is 23.4 Å². The fourth-order valence-corrected chi connectivity index (χ4v) is 7.26. The molecule has 0 bridgehead atoms. The fraction of sp³-hybridized carbons (Fsp3) is 0.650. The lowest BCUT2D eigenvalue weighted by molar-refractivity contribution is 0.100. The summed E-state index contributed by atoms with van der Waals surface area (Å²) in [4.78, 5) is 15.1. The van der Waals surface area contributed by atoms with Crippen molar-refractivity contribution in [2.45, 2.75) is 50.6 Å². The lowest BCUT2D eigenvalue weighted by Crippen LogP contribution is -2.49. The molecule has 1 aromatic rings. The van der Waals surface area contributed by atoms with Gasteiger partial charge in [-0.2, -0.15) is 4.36 Å². The lowest BCUT2D eigenvalue weighted by atomic mass is 9.94. The highest BCUT2D eigenvalue weighted by Gasteiger charge is 2.40. The number of likely N-dealkylation sites (tertiary alicyclic amines) is 1. The van der Waals surface area contributed by atoms with E-state index in [9.17, 15) is 9.00 Å². The molecule has 2 unspecified atom stereocenters. The van der Waals surface area contributed by atoms with Gasteiger partial charge in [0.15, 0.2) is 0 Å². The fourth-order valence-electron chi connectivity index (χ4n) is 4.70. The maximum Gasteiger partial charge on any atom is 0.285 e. The van der Waals surface area contributed by atoms with Gasteiger partial charge in [0.2, 0.25) is 0 Å². The minimum absolute atomic E-state index is 0.0449. The smallest absolute Gasteiger partial charge is 0.285 e. The van der Waals surface area contributed by atoms with Gasteiger partial charge in [-0.3, -0.25) is 9.69 Å². The number of hydrogen-bond acceptors (Lipinski definition) is 4. The zero-order valence-electron chi connectivity index (χ0n) is 15.4. The highest BCUT2D eigenvalue weighted by molar-refractivity contribution is 7.94. The van der Waals surface area contributed by atoms with E-state index in [1.165, 1.54) is 12.8 Å². The SMILES string of the molecule is O=C(N=S1(=O)CCCC2(CCCN2)C1)c1cccc(CN2CCCC2)c1. The maximum absolute atomic E-state index is 13.3. The summed E-state index contributed by atoms with van der Waals surface area (Å²) in [7, 11) is -2.46. The van der Waals surface area contributed by atoms with Gasteiger partial charge in [-0.05, 0) is 75.9 Å². The van der Waals surface area contributed by atoms with Gasteiger partial charge >= 0.3 is 0 Å². The number of hydrogen-bond donors (Lipinski definition) is 1. The molecule has 3 aliphatic rings. The van der Waals surface area contributed by atoms with Gasteiger partial charge in [0.05, 0.1) is 15.5 Å². The largest absolute Gasteiger partial charge is 0.310 e. The Morgan fingerprint density at radius 2 is 2.00 bits per heavy atom. The van der Waals surface area contributed by atoms with Gasteiger partial charge in [-0.15, -0.1) is 0 Å². The Morgan fingerprint density at radius 3 is 2.77 bits per heavy atom. The monoisotopic (exact) mass is 375 g/mol. The summed E-state index contributed by atoms with van der Waals surface area (Å²) in [5, 5.41) is 3.53. The van der Waals surface area contributed by atoms with Crippen LogP contribution < -0.4 is 5.32 Å². The molecule has 3 saturated heterocycles. The number of carbonyl (C=O) groups is 1. The summed E-state index contributed by atoms with van der Waals surface area (Å²) in [6.45, 7) is 4.13. The van der Waals surface area contributed by atoms with Crippen LogP contribution in [0, 0.1) is 0 Å². The summed E-state index contributed by atoms with van der Waals surface area (Å²) in [6, 6.07) is 7.71. The third kappa shape index (κ3) is 4.02. The summed E-state index contributed by atoms with van der Waals surface area (Å²) < 4.78 is 17.5. The minimum Gasteiger partial charge on any atom is -0.310 e. The van der Waals surface area contributed by atoms with E-state index >= 15 is 0 Å². The first-order chi connectivity index (χ1) is 12.6. The summed E-state index contributed by atoms with van der Waals surface area (Å²) in [6.07, 6.45) is 6.63. The Labute approximate surface area is 156 Å². The number of nitrogens with zero attached hydrogens (tertiary/aromatic N) is 2. The van der Waals surface area contributed by atoms with Gasteiger partial charge in [0.1, 0.15) is 0 Å². The maximum atomic E-state index is 13.3. The van der Waals surface area contributed by atoms with E-state index in [0.717, 1.165) is 57.4 Å². The molecule has 0 aromatic heterocycles. The summed E-state index contributed by atoms with van der Waals surface area (Å²) in [5.74, 6) is 0.766. The molecule has 1 aromatic carbocycles. The molecule has 6 heteroatoms. The van der Waals surface area contributed by atoms with E-state index in [1.54, 1.807) is 6.07 Å². The van der Waals surface area contributed by atoms with Crippen molar-refractivity contribution in [3.8, 4) is 0 Å². The number of amides is 1. The molecular weight excluding hydrogens is 346 g/mol. The van der Waals surface area contributed by atoms with E-state index in [1.807, 2.05) is 12.1 Å². The Hall–Kier alpha value is -1.24. The Kier molecular flexibility index (Phi) is 5.17. The lowest BCUT2D eigenvalue weighted by Gasteiger charge is -2.35. The zero-order chi connectivity index (χ0) is 18.0. The molecule has 0 aliphatic carbocycles. The highest BCUT2D eigenvalue weighted by Crippen LogP contribution is 2.32. The number of benzene rings is 1. The second kappa shape index (κ2) is 7.41. The molecule has 0 saturated carbocycles. The normalized spacial score (nSPS) is 32.2. The van der Waals surface area contributed by atoms with Gasteiger partial charge in [0.25, 0.3) is 5.91 Å². The predicted octanol–water partition coefficient (Wildman–Crippen LogP) is 2.81. The Bertz CT molecular complexity index is 786. The van der Waals surface area contributed by atoms with E-state index in [0.29, 0.717) is 17.1 Å². The van der Waals surface area contributed by atoms with Crippen molar-refractivity contribution in [2.24, 2.45) is 4.36 Å². The van der Waals surface area contributed by atoms with Crippen LogP contribution in [0.5, 0.6) is 0 Å². The van der Waals surface area contributed by atoms with Crippen molar-refractivity contribution >= 4 is 15.6 Å². The number of carbonyl (C=O) groups excluding carboxylic acids is 1. The van der Waals surface area contributed by atoms with E-state index in [4.69, 9.17) is 0 Å². The van der Waals surface area contributed by atoms with Crippen molar-refractivity contribution in [1.82, 2.24) is 10.2 Å². The van der Waals surface area contributed by atoms with Crippen LogP contribution in [0.1, 0.15) is 54.4 Å². The summed E-state index contributed by atoms with van der Waals surface area (Å²) >= 11 is 0. The van der Waals surface area contributed by atoms with Crippen LogP contribution in [0.15, 0.2) is 28.6 Å². The van der Waals surface area contributed by atoms with Crippen LogP contribution in [0.2, 0.25) is 0 Å². The minimum atomic E-state index is -2.46. The van der Waals surface area contributed by atoms with E-state index < -0.39 is 9.73 Å². The van der Waals surface area contributed by atoms with Crippen LogP contribution in [-0.2, 0) is 16.3 Å². The molecule has 3 heterocycles. The van der Waals surface area contributed by atoms with Crippen molar-refractivity contribution in [1.29, 1.82) is 0 Å². The van der Waals surface area contributed by atoms with E-state index in [2.05, 4.69) is 20.6 Å². The second-order valence-corrected chi connectivity index (χ2v) is 10.5. The van der Waals surface area contributed by atoms with Crippen LogP contribution in [0.4, 0.5) is 0 Å². The van der Waals surface area contributed by atoms with Crippen molar-refractivity contribution in [2.75, 3.05) is 31.1 Å². The number of nitrogens with one attached hydrogen (secondary N) is 1. The molecule has 2 atom stereocenters.